The molecule has 9 nitrogen and oxygen atoms in total. The van der Waals surface area contributed by atoms with E-state index in [9.17, 15) is 4.79 Å². The molecule has 110 valence electrons. The monoisotopic (exact) mass is 280 g/mol. The number of aromatic nitrogens is 3. The number of hydrazine groups is 1. The molecule has 2 rings (SSSR count). The van der Waals surface area contributed by atoms with Crippen molar-refractivity contribution in [1.82, 2.24) is 20.3 Å². The number of carbonyl (C=O) groups is 1. The van der Waals surface area contributed by atoms with Crippen LogP contribution in [0.2, 0.25) is 0 Å². The average molecular weight is 280 g/mol. The van der Waals surface area contributed by atoms with Gasteiger partial charge in [0.25, 0.3) is 0 Å². The summed E-state index contributed by atoms with van der Waals surface area (Å²) in [5.74, 6) is 6.58. The molecule has 1 fully saturated rings. The van der Waals surface area contributed by atoms with E-state index < -0.39 is 0 Å². The highest BCUT2D eigenvalue weighted by molar-refractivity contribution is 5.80. The Bertz CT molecular complexity index is 473. The number of hydrogen-bond donors (Lipinski definition) is 3. The van der Waals surface area contributed by atoms with E-state index in [1.807, 2.05) is 0 Å². The molecule has 0 spiro atoms. The fraction of sp³-hybridized carbons (Fsp3) is 0.636. The highest BCUT2D eigenvalue weighted by Gasteiger charge is 2.19. The number of nitrogens with one attached hydrogen (secondary N) is 2. The van der Waals surface area contributed by atoms with Gasteiger partial charge in [-0.05, 0) is 12.8 Å². The molecule has 1 aliphatic heterocycles. The van der Waals surface area contributed by atoms with Gasteiger partial charge in [0, 0.05) is 27.2 Å². The Morgan fingerprint density at radius 3 is 2.65 bits per heavy atom. The molecule has 0 saturated carbocycles. The second-order valence-electron chi connectivity index (χ2n) is 4.63. The molecule has 20 heavy (non-hydrogen) atoms. The topological polar surface area (TPSA) is 112 Å². The highest BCUT2D eigenvalue weighted by Crippen LogP contribution is 2.19. The number of hydrogen-bond acceptors (Lipinski definition) is 8. The third-order valence-electron chi connectivity index (χ3n) is 3.13. The Labute approximate surface area is 117 Å². The maximum absolute atomic E-state index is 11.4. The van der Waals surface area contributed by atoms with Crippen molar-refractivity contribution in [2.75, 3.05) is 49.0 Å². The van der Waals surface area contributed by atoms with Gasteiger partial charge in [0.2, 0.25) is 23.8 Å². The van der Waals surface area contributed by atoms with Crippen molar-refractivity contribution in [3.8, 4) is 0 Å². The van der Waals surface area contributed by atoms with Gasteiger partial charge >= 0.3 is 0 Å². The second-order valence-corrected chi connectivity index (χ2v) is 4.63. The van der Waals surface area contributed by atoms with E-state index in [2.05, 4.69) is 30.6 Å². The molecule has 9 heteroatoms. The van der Waals surface area contributed by atoms with Gasteiger partial charge in [0.1, 0.15) is 0 Å². The third-order valence-corrected chi connectivity index (χ3v) is 3.13. The zero-order valence-electron chi connectivity index (χ0n) is 11.8. The maximum Gasteiger partial charge on any atom is 0.243 e. The molecule has 0 unspecified atom stereocenters. The summed E-state index contributed by atoms with van der Waals surface area (Å²) in [6.07, 6.45) is 2.25. The first-order valence-electron chi connectivity index (χ1n) is 6.53. The van der Waals surface area contributed by atoms with Crippen LogP contribution >= 0.6 is 0 Å². The second kappa shape index (κ2) is 6.33. The Morgan fingerprint density at radius 2 is 2.05 bits per heavy atom. The summed E-state index contributed by atoms with van der Waals surface area (Å²) >= 11 is 0. The van der Waals surface area contributed by atoms with Crippen LogP contribution in [0.1, 0.15) is 12.8 Å². The van der Waals surface area contributed by atoms with Crippen LogP contribution in [0.5, 0.6) is 0 Å². The number of rotatable bonds is 5. The quantitative estimate of drug-likeness (QED) is 0.462. The lowest BCUT2D eigenvalue weighted by atomic mass is 10.4. The van der Waals surface area contributed by atoms with Gasteiger partial charge in [-0.3, -0.25) is 10.2 Å². The number of anilines is 3. The molecule has 2 heterocycles. The minimum Gasteiger partial charge on any atom is -0.358 e. The molecule has 0 aromatic carbocycles. The van der Waals surface area contributed by atoms with Crippen molar-refractivity contribution in [1.29, 1.82) is 0 Å². The van der Waals surface area contributed by atoms with Crippen molar-refractivity contribution in [3.05, 3.63) is 0 Å². The number of likely N-dealkylation sites (N-methyl/N-ethyl adjacent to an activating group) is 2. The summed E-state index contributed by atoms with van der Waals surface area (Å²) in [5, 5.41) is 2.56. The Balaban J connectivity index is 2.22. The Morgan fingerprint density at radius 1 is 1.35 bits per heavy atom. The van der Waals surface area contributed by atoms with Gasteiger partial charge in [0.05, 0.1) is 6.54 Å². The van der Waals surface area contributed by atoms with Gasteiger partial charge in [-0.1, -0.05) is 0 Å². The number of nitrogens with two attached hydrogens (primary N) is 1. The van der Waals surface area contributed by atoms with Crippen LogP contribution in [-0.4, -0.2) is 54.6 Å². The molecule has 0 atom stereocenters. The smallest absolute Gasteiger partial charge is 0.243 e. The maximum atomic E-state index is 11.4. The molecule has 1 amide bonds. The van der Waals surface area contributed by atoms with Crippen molar-refractivity contribution in [3.63, 3.8) is 0 Å². The first-order valence-corrected chi connectivity index (χ1v) is 6.53. The zero-order chi connectivity index (χ0) is 14.5. The van der Waals surface area contributed by atoms with Crippen LogP contribution in [0.4, 0.5) is 17.8 Å². The lowest BCUT2D eigenvalue weighted by Gasteiger charge is -2.20. The Kier molecular flexibility index (Phi) is 4.51. The molecular formula is C11H20N8O. The van der Waals surface area contributed by atoms with Crippen molar-refractivity contribution in [2.45, 2.75) is 12.8 Å². The van der Waals surface area contributed by atoms with E-state index in [1.54, 1.807) is 19.0 Å². The lowest BCUT2D eigenvalue weighted by molar-refractivity contribution is -0.119. The molecular weight excluding hydrogens is 260 g/mol. The van der Waals surface area contributed by atoms with E-state index in [-0.39, 0.29) is 12.5 Å². The van der Waals surface area contributed by atoms with Crippen LogP contribution in [0.15, 0.2) is 0 Å². The first-order chi connectivity index (χ1) is 9.63. The SMILES string of the molecule is CNC(=O)CN(C)c1nc(NN)nc(N2CCCC2)n1. The standard InChI is InChI=1S/C11H20N8O/c1-13-8(20)7-18(2)10-14-9(17-12)15-11(16-10)19-5-3-4-6-19/h3-7,12H2,1-2H3,(H,13,20)(H,14,15,16,17). The van der Waals surface area contributed by atoms with E-state index in [0.29, 0.717) is 17.8 Å². The molecule has 1 aliphatic rings. The average Bonchev–Trinajstić information content (AvgIpc) is 3.00. The molecule has 1 saturated heterocycles. The van der Waals surface area contributed by atoms with Crippen molar-refractivity contribution >= 4 is 23.8 Å². The van der Waals surface area contributed by atoms with Gasteiger partial charge in [-0.2, -0.15) is 15.0 Å². The normalized spacial score (nSPS) is 14.2. The number of carbonyl (C=O) groups excluding carboxylic acids is 1. The number of amides is 1. The molecule has 0 radical (unpaired) electrons. The lowest BCUT2D eigenvalue weighted by Crippen LogP contribution is -2.34. The summed E-state index contributed by atoms with van der Waals surface area (Å²) in [7, 11) is 3.34. The fourth-order valence-corrected chi connectivity index (χ4v) is 2.01. The summed E-state index contributed by atoms with van der Waals surface area (Å²) in [6.45, 7) is 2.02. The summed E-state index contributed by atoms with van der Waals surface area (Å²) < 4.78 is 0. The third kappa shape index (κ3) is 3.23. The van der Waals surface area contributed by atoms with Crippen molar-refractivity contribution < 1.29 is 4.79 Å². The van der Waals surface area contributed by atoms with Gasteiger partial charge < -0.3 is 15.1 Å². The van der Waals surface area contributed by atoms with E-state index in [1.165, 1.54) is 0 Å². The Hall–Kier alpha value is -2.16. The molecule has 1 aromatic rings. The van der Waals surface area contributed by atoms with E-state index in [0.717, 1.165) is 25.9 Å². The van der Waals surface area contributed by atoms with Crippen LogP contribution < -0.4 is 26.4 Å². The van der Waals surface area contributed by atoms with Crippen LogP contribution in [0, 0.1) is 0 Å². The van der Waals surface area contributed by atoms with Crippen LogP contribution in [-0.2, 0) is 4.79 Å². The molecule has 0 aliphatic carbocycles. The van der Waals surface area contributed by atoms with Crippen molar-refractivity contribution in [2.24, 2.45) is 5.84 Å². The summed E-state index contributed by atoms with van der Waals surface area (Å²) in [4.78, 5) is 28.0. The summed E-state index contributed by atoms with van der Waals surface area (Å²) in [6, 6.07) is 0. The van der Waals surface area contributed by atoms with Crippen LogP contribution in [0.25, 0.3) is 0 Å². The minimum atomic E-state index is -0.113. The predicted octanol–water partition coefficient (Wildman–Crippen LogP) is -1.06. The first kappa shape index (κ1) is 14.3. The molecule has 0 bridgehead atoms. The largest absolute Gasteiger partial charge is 0.358 e. The summed E-state index contributed by atoms with van der Waals surface area (Å²) in [5.41, 5.74) is 2.44. The van der Waals surface area contributed by atoms with Gasteiger partial charge in [-0.15, -0.1) is 0 Å². The highest BCUT2D eigenvalue weighted by atomic mass is 16.1. The minimum absolute atomic E-state index is 0.113. The van der Waals surface area contributed by atoms with E-state index >= 15 is 0 Å². The van der Waals surface area contributed by atoms with Crippen LogP contribution in [0.3, 0.4) is 0 Å². The fourth-order valence-electron chi connectivity index (χ4n) is 2.01. The van der Waals surface area contributed by atoms with E-state index in [4.69, 9.17) is 5.84 Å². The molecule has 1 aromatic heterocycles. The zero-order valence-corrected chi connectivity index (χ0v) is 11.8. The number of nitrogens with zero attached hydrogens (tertiary/aromatic N) is 5. The van der Waals surface area contributed by atoms with Gasteiger partial charge in [0.15, 0.2) is 0 Å². The van der Waals surface area contributed by atoms with Gasteiger partial charge in [-0.25, -0.2) is 5.84 Å². The number of nitrogen functional groups attached to an aromatic ring is 1. The predicted molar refractivity (Wildman–Crippen MR) is 76.4 cm³/mol. The molecule has 4 N–H and O–H groups in total.